The Labute approximate surface area is 214 Å². The fourth-order valence-corrected chi connectivity index (χ4v) is 6.27. The maximum Gasteiger partial charge on any atom is 0.264 e. The van der Waals surface area contributed by atoms with Crippen LogP contribution in [0.1, 0.15) is 55.8 Å². The van der Waals surface area contributed by atoms with E-state index in [0.29, 0.717) is 12.1 Å². The van der Waals surface area contributed by atoms with E-state index in [-0.39, 0.29) is 29.0 Å². The van der Waals surface area contributed by atoms with Crippen LogP contribution in [0.15, 0.2) is 77.7 Å². The standard InChI is InChI=1S/C29H34N2O4S/c1-5-29(6-2)19-25(24-12-8-10-14-27(24)35-29)30-28(32)20-31(26-13-9-7-11-22(26)4)36(33,34)23-17-15-21(3)16-18-23/h7-18,25H,5-6,19-20H2,1-4H3,(H,30,32)/t25-/m0/s1. The summed E-state index contributed by atoms with van der Waals surface area (Å²) in [6.45, 7) is 7.60. The Morgan fingerprint density at radius 1 is 0.972 bits per heavy atom. The minimum absolute atomic E-state index is 0.150. The van der Waals surface area contributed by atoms with Crippen LogP contribution < -0.4 is 14.4 Å². The zero-order valence-corrected chi connectivity index (χ0v) is 22.1. The number of carbonyl (C=O) groups is 1. The first-order chi connectivity index (χ1) is 17.2. The molecule has 0 radical (unpaired) electrons. The number of fused-ring (bicyclic) bond motifs is 1. The molecule has 1 heterocycles. The number of nitrogens with one attached hydrogen (secondary N) is 1. The van der Waals surface area contributed by atoms with Crippen molar-refractivity contribution in [1.82, 2.24) is 5.32 Å². The third-order valence-electron chi connectivity index (χ3n) is 7.10. The second-order valence-corrected chi connectivity index (χ2v) is 11.3. The summed E-state index contributed by atoms with van der Waals surface area (Å²) in [6.07, 6.45) is 2.24. The summed E-state index contributed by atoms with van der Waals surface area (Å²) in [5.74, 6) is 0.400. The molecular formula is C29H34N2O4S. The first kappa shape index (κ1) is 25.8. The molecule has 6 nitrogen and oxygen atoms in total. The van der Waals surface area contributed by atoms with E-state index < -0.39 is 10.0 Å². The van der Waals surface area contributed by atoms with E-state index in [1.54, 1.807) is 36.4 Å². The van der Waals surface area contributed by atoms with Gasteiger partial charge >= 0.3 is 0 Å². The molecule has 0 unspecified atom stereocenters. The number of hydrogen-bond donors (Lipinski definition) is 1. The van der Waals surface area contributed by atoms with Crippen LogP contribution in [0, 0.1) is 13.8 Å². The number of nitrogens with zero attached hydrogens (tertiary/aromatic N) is 1. The Morgan fingerprint density at radius 2 is 1.61 bits per heavy atom. The van der Waals surface area contributed by atoms with Gasteiger partial charge in [-0.1, -0.05) is 67.9 Å². The van der Waals surface area contributed by atoms with Crippen molar-refractivity contribution < 1.29 is 17.9 Å². The van der Waals surface area contributed by atoms with Gasteiger partial charge in [-0.05, 0) is 56.5 Å². The molecule has 1 aliphatic heterocycles. The van der Waals surface area contributed by atoms with Gasteiger partial charge < -0.3 is 10.1 Å². The maximum absolute atomic E-state index is 13.7. The van der Waals surface area contributed by atoms with Gasteiger partial charge in [0, 0.05) is 12.0 Å². The number of benzene rings is 3. The lowest BCUT2D eigenvalue weighted by molar-refractivity contribution is -0.121. The summed E-state index contributed by atoms with van der Waals surface area (Å²) in [5, 5.41) is 3.13. The monoisotopic (exact) mass is 506 g/mol. The van der Waals surface area contributed by atoms with Crippen molar-refractivity contribution in [2.75, 3.05) is 10.8 Å². The largest absolute Gasteiger partial charge is 0.487 e. The normalized spacial score (nSPS) is 16.5. The Balaban J connectivity index is 1.66. The molecule has 7 heteroatoms. The van der Waals surface area contributed by atoms with Crippen molar-refractivity contribution >= 4 is 21.6 Å². The predicted octanol–water partition coefficient (Wildman–Crippen LogP) is 5.70. The third kappa shape index (κ3) is 5.12. The van der Waals surface area contributed by atoms with Crippen LogP contribution in [0.2, 0.25) is 0 Å². The van der Waals surface area contributed by atoms with Crippen molar-refractivity contribution in [3.8, 4) is 5.75 Å². The van der Waals surface area contributed by atoms with Gasteiger partial charge in [0.05, 0.1) is 16.6 Å². The van der Waals surface area contributed by atoms with Crippen LogP contribution in [0.4, 0.5) is 5.69 Å². The average Bonchev–Trinajstić information content (AvgIpc) is 2.88. The zero-order valence-electron chi connectivity index (χ0n) is 21.3. The number of para-hydroxylation sites is 2. The summed E-state index contributed by atoms with van der Waals surface area (Å²) < 4.78 is 35.1. The highest BCUT2D eigenvalue weighted by Crippen LogP contribution is 2.42. The van der Waals surface area contributed by atoms with Gasteiger partial charge in [-0.3, -0.25) is 9.10 Å². The summed E-state index contributed by atoms with van der Waals surface area (Å²) in [7, 11) is -3.97. The fraction of sp³-hybridized carbons (Fsp3) is 0.345. The first-order valence-corrected chi connectivity index (χ1v) is 13.9. The van der Waals surface area contributed by atoms with Crippen LogP contribution in [-0.2, 0) is 14.8 Å². The van der Waals surface area contributed by atoms with E-state index in [1.165, 1.54) is 4.31 Å². The Hall–Kier alpha value is -3.32. The van der Waals surface area contributed by atoms with E-state index in [0.717, 1.165) is 35.3 Å². The molecule has 0 bridgehead atoms. The lowest BCUT2D eigenvalue weighted by Crippen LogP contribution is -2.47. The van der Waals surface area contributed by atoms with E-state index in [4.69, 9.17) is 4.74 Å². The molecule has 3 aromatic rings. The molecule has 1 aliphatic rings. The van der Waals surface area contributed by atoms with Gasteiger partial charge in [-0.2, -0.15) is 0 Å². The molecule has 0 saturated carbocycles. The summed E-state index contributed by atoms with van der Waals surface area (Å²) in [6, 6.07) is 21.4. The number of aryl methyl sites for hydroxylation is 2. The third-order valence-corrected chi connectivity index (χ3v) is 8.88. The van der Waals surface area contributed by atoms with Crippen molar-refractivity contribution in [1.29, 1.82) is 0 Å². The lowest BCUT2D eigenvalue weighted by atomic mass is 9.83. The lowest BCUT2D eigenvalue weighted by Gasteiger charge is -2.41. The van der Waals surface area contributed by atoms with Gasteiger partial charge in [-0.25, -0.2) is 8.42 Å². The SMILES string of the molecule is CCC1(CC)C[C@H](NC(=O)CN(c2ccccc2C)S(=O)(=O)c2ccc(C)cc2)c2ccccc2O1. The number of rotatable bonds is 8. The van der Waals surface area contributed by atoms with E-state index in [9.17, 15) is 13.2 Å². The van der Waals surface area contributed by atoms with Crippen LogP contribution in [0.25, 0.3) is 0 Å². The Bertz CT molecular complexity index is 1330. The minimum atomic E-state index is -3.97. The molecular weight excluding hydrogens is 472 g/mol. The smallest absolute Gasteiger partial charge is 0.264 e. The number of ether oxygens (including phenoxy) is 1. The molecule has 4 rings (SSSR count). The number of anilines is 1. The molecule has 1 amide bonds. The highest BCUT2D eigenvalue weighted by molar-refractivity contribution is 7.92. The predicted molar refractivity (Wildman–Crippen MR) is 143 cm³/mol. The van der Waals surface area contributed by atoms with Crippen molar-refractivity contribution in [3.63, 3.8) is 0 Å². The quantitative estimate of drug-likeness (QED) is 0.425. The van der Waals surface area contributed by atoms with Crippen molar-refractivity contribution in [2.45, 2.75) is 63.5 Å². The molecule has 0 fully saturated rings. The van der Waals surface area contributed by atoms with Crippen LogP contribution >= 0.6 is 0 Å². The number of sulfonamides is 1. The highest BCUT2D eigenvalue weighted by atomic mass is 32.2. The number of hydrogen-bond acceptors (Lipinski definition) is 4. The molecule has 1 N–H and O–H groups in total. The van der Waals surface area contributed by atoms with E-state index in [2.05, 4.69) is 19.2 Å². The summed E-state index contributed by atoms with van der Waals surface area (Å²) >= 11 is 0. The van der Waals surface area contributed by atoms with Gasteiger partial charge in [0.25, 0.3) is 10.0 Å². The van der Waals surface area contributed by atoms with E-state index >= 15 is 0 Å². The van der Waals surface area contributed by atoms with Crippen molar-refractivity contribution in [3.05, 3.63) is 89.5 Å². The molecule has 0 aliphatic carbocycles. The summed E-state index contributed by atoms with van der Waals surface area (Å²) in [5.41, 5.74) is 2.75. The second-order valence-electron chi connectivity index (χ2n) is 9.47. The van der Waals surface area contributed by atoms with Gasteiger partial charge in [0.15, 0.2) is 0 Å². The fourth-order valence-electron chi connectivity index (χ4n) is 4.78. The molecule has 0 saturated heterocycles. The van der Waals surface area contributed by atoms with Gasteiger partial charge in [0.2, 0.25) is 5.91 Å². The molecule has 1 atom stereocenters. The Kier molecular flexibility index (Phi) is 7.41. The molecule has 36 heavy (non-hydrogen) atoms. The zero-order chi connectivity index (χ0) is 25.9. The molecule has 0 spiro atoms. The topological polar surface area (TPSA) is 75.7 Å². The summed E-state index contributed by atoms with van der Waals surface area (Å²) in [4.78, 5) is 13.6. The maximum atomic E-state index is 13.7. The molecule has 0 aromatic heterocycles. The second kappa shape index (κ2) is 10.3. The van der Waals surface area contributed by atoms with Crippen LogP contribution in [-0.4, -0.2) is 26.5 Å². The van der Waals surface area contributed by atoms with Crippen LogP contribution in [0.3, 0.4) is 0 Å². The van der Waals surface area contributed by atoms with E-state index in [1.807, 2.05) is 50.2 Å². The van der Waals surface area contributed by atoms with Crippen LogP contribution in [0.5, 0.6) is 5.75 Å². The number of amides is 1. The van der Waals surface area contributed by atoms with Gasteiger partial charge in [0.1, 0.15) is 17.9 Å². The minimum Gasteiger partial charge on any atom is -0.487 e. The van der Waals surface area contributed by atoms with Crippen molar-refractivity contribution in [2.24, 2.45) is 0 Å². The molecule has 190 valence electrons. The Morgan fingerprint density at radius 3 is 2.28 bits per heavy atom. The average molecular weight is 507 g/mol. The van der Waals surface area contributed by atoms with Gasteiger partial charge in [-0.15, -0.1) is 0 Å². The highest BCUT2D eigenvalue weighted by Gasteiger charge is 2.39. The first-order valence-electron chi connectivity index (χ1n) is 12.4. The molecule has 3 aromatic carbocycles. The number of carbonyl (C=O) groups excluding carboxylic acids is 1.